The lowest BCUT2D eigenvalue weighted by Crippen LogP contribution is -1.91. The van der Waals surface area contributed by atoms with Crippen molar-refractivity contribution in [2.45, 2.75) is 14.0 Å². The molecule has 3 nitrogen and oxygen atoms in total. The van der Waals surface area contributed by atoms with Gasteiger partial charge in [-0.1, -0.05) is 37.8 Å². The van der Waals surface area contributed by atoms with Gasteiger partial charge < -0.3 is 5.11 Å². The van der Waals surface area contributed by atoms with Gasteiger partial charge in [-0.15, -0.1) is 0 Å². The molecular formula is C12H14N2O. The van der Waals surface area contributed by atoms with E-state index in [0.717, 1.165) is 11.1 Å². The molecule has 0 spiro atoms. The van der Waals surface area contributed by atoms with Gasteiger partial charge in [0.15, 0.2) is 5.82 Å². The predicted octanol–water partition coefficient (Wildman–Crippen LogP) is 2.27. The largest absolute Gasteiger partial charge is 0.392 e. The molecule has 0 aliphatic rings. The van der Waals surface area contributed by atoms with Crippen LogP contribution in [0.3, 0.4) is 0 Å². The van der Waals surface area contributed by atoms with Crippen LogP contribution in [0.15, 0.2) is 42.7 Å². The molecule has 0 atom stereocenters. The molecule has 0 fully saturated rings. The Balaban J connectivity index is 0.00000112. The predicted molar refractivity (Wildman–Crippen MR) is 60.1 cm³/mol. The van der Waals surface area contributed by atoms with Crippen molar-refractivity contribution >= 4 is 0 Å². The number of hydrogen-bond acceptors (Lipinski definition) is 3. The zero-order valence-electron chi connectivity index (χ0n) is 7.59. The van der Waals surface area contributed by atoms with Gasteiger partial charge in [-0.05, 0) is 0 Å². The normalized spacial score (nSPS) is 9.40. The number of aromatic nitrogens is 2. The molecule has 1 N–H and O–H groups in total. The molecule has 0 amide bonds. The highest BCUT2D eigenvalue weighted by atomic mass is 16.3. The molecular weight excluding hydrogens is 188 g/mol. The second kappa shape index (κ2) is 5.22. The van der Waals surface area contributed by atoms with Crippen LogP contribution in [0.1, 0.15) is 13.0 Å². The molecule has 0 radical (unpaired) electrons. The molecule has 2 rings (SSSR count). The summed E-state index contributed by atoms with van der Waals surface area (Å²) < 4.78 is 0. The first-order chi connectivity index (χ1) is 6.90. The number of benzene rings is 1. The van der Waals surface area contributed by atoms with Crippen LogP contribution in [0.25, 0.3) is 11.4 Å². The van der Waals surface area contributed by atoms with Crippen molar-refractivity contribution in [2.24, 2.45) is 0 Å². The number of hydrogen-bond donors (Lipinski definition) is 1. The van der Waals surface area contributed by atoms with Gasteiger partial charge in [-0.3, -0.25) is 0 Å². The van der Waals surface area contributed by atoms with Crippen LogP contribution in [0.4, 0.5) is 0 Å². The summed E-state index contributed by atoms with van der Waals surface area (Å²) in [7, 11) is 0. The zero-order valence-corrected chi connectivity index (χ0v) is 7.59. The average molecular weight is 202 g/mol. The Morgan fingerprint density at radius 2 is 1.60 bits per heavy atom. The van der Waals surface area contributed by atoms with Gasteiger partial charge in [0.05, 0.1) is 6.61 Å². The third-order valence-corrected chi connectivity index (χ3v) is 1.92. The third kappa shape index (κ3) is 2.60. The fourth-order valence-electron chi connectivity index (χ4n) is 1.17. The van der Waals surface area contributed by atoms with Gasteiger partial charge in [0.1, 0.15) is 0 Å². The van der Waals surface area contributed by atoms with Crippen molar-refractivity contribution in [1.82, 2.24) is 9.97 Å². The maximum Gasteiger partial charge on any atom is 0.159 e. The minimum absolute atomic E-state index is 0. The van der Waals surface area contributed by atoms with Crippen molar-refractivity contribution in [3.8, 4) is 11.4 Å². The van der Waals surface area contributed by atoms with Gasteiger partial charge in [0.25, 0.3) is 0 Å². The summed E-state index contributed by atoms with van der Waals surface area (Å²) in [6.07, 6.45) is 3.27. The molecule has 1 heterocycles. The van der Waals surface area contributed by atoms with E-state index in [-0.39, 0.29) is 14.0 Å². The summed E-state index contributed by atoms with van der Waals surface area (Å²) >= 11 is 0. The molecule has 3 heteroatoms. The maximum atomic E-state index is 8.82. The summed E-state index contributed by atoms with van der Waals surface area (Å²) in [5.74, 6) is 0.683. The van der Waals surface area contributed by atoms with E-state index in [1.807, 2.05) is 30.3 Å². The van der Waals surface area contributed by atoms with Gasteiger partial charge in [-0.2, -0.15) is 0 Å². The second-order valence-electron chi connectivity index (χ2n) is 2.94. The van der Waals surface area contributed by atoms with Crippen LogP contribution >= 0.6 is 0 Å². The lowest BCUT2D eigenvalue weighted by atomic mass is 10.2. The summed E-state index contributed by atoms with van der Waals surface area (Å²) in [6, 6.07) is 9.74. The van der Waals surface area contributed by atoms with Crippen LogP contribution in [-0.2, 0) is 6.61 Å². The Bertz CT molecular complexity index is 398. The second-order valence-corrected chi connectivity index (χ2v) is 2.94. The molecule has 2 aromatic rings. The Labute approximate surface area is 89.5 Å². The fraction of sp³-hybridized carbons (Fsp3) is 0.167. The molecule has 0 bridgehead atoms. The van der Waals surface area contributed by atoms with Gasteiger partial charge in [0, 0.05) is 23.5 Å². The molecule has 0 saturated carbocycles. The van der Waals surface area contributed by atoms with E-state index in [9.17, 15) is 0 Å². The van der Waals surface area contributed by atoms with Crippen LogP contribution in [0.2, 0.25) is 0 Å². The number of rotatable bonds is 2. The van der Waals surface area contributed by atoms with Crippen LogP contribution in [0.5, 0.6) is 0 Å². The summed E-state index contributed by atoms with van der Waals surface area (Å²) in [5, 5.41) is 8.82. The highest BCUT2D eigenvalue weighted by Gasteiger charge is 1.98. The van der Waals surface area contributed by atoms with Gasteiger partial charge in [0.2, 0.25) is 0 Å². The van der Waals surface area contributed by atoms with Crippen LogP contribution in [0, 0.1) is 0 Å². The summed E-state index contributed by atoms with van der Waals surface area (Å²) in [6.45, 7) is -0.0188. The monoisotopic (exact) mass is 202 g/mol. The standard InChI is InChI=1S/C11H10N2O.CH4/c14-8-9-6-12-11(13-7-9)10-4-2-1-3-5-10;/h1-7,14H,8H2;1H4. The molecule has 0 aliphatic heterocycles. The van der Waals surface area contributed by atoms with Crippen LogP contribution < -0.4 is 0 Å². The molecule has 78 valence electrons. The smallest absolute Gasteiger partial charge is 0.159 e. The highest BCUT2D eigenvalue weighted by Crippen LogP contribution is 2.12. The van der Waals surface area contributed by atoms with E-state index >= 15 is 0 Å². The van der Waals surface area contributed by atoms with E-state index in [1.54, 1.807) is 12.4 Å². The first-order valence-electron chi connectivity index (χ1n) is 4.37. The summed E-state index contributed by atoms with van der Waals surface area (Å²) in [4.78, 5) is 8.30. The minimum atomic E-state index is -0.0188. The lowest BCUT2D eigenvalue weighted by molar-refractivity contribution is 0.281. The zero-order chi connectivity index (χ0) is 9.80. The van der Waals surface area contributed by atoms with Crippen LogP contribution in [-0.4, -0.2) is 15.1 Å². The number of aliphatic hydroxyl groups excluding tert-OH is 1. The van der Waals surface area contributed by atoms with E-state index in [1.165, 1.54) is 0 Å². The highest BCUT2D eigenvalue weighted by molar-refractivity contribution is 5.53. The maximum absolute atomic E-state index is 8.82. The molecule has 0 unspecified atom stereocenters. The SMILES string of the molecule is C.OCc1cnc(-c2ccccc2)nc1. The van der Waals surface area contributed by atoms with Crippen molar-refractivity contribution in [1.29, 1.82) is 0 Å². The van der Waals surface area contributed by atoms with Crippen molar-refractivity contribution in [3.05, 3.63) is 48.3 Å². The fourth-order valence-corrected chi connectivity index (χ4v) is 1.17. The molecule has 0 aliphatic carbocycles. The first kappa shape index (κ1) is 11.3. The Morgan fingerprint density at radius 3 is 2.13 bits per heavy atom. The number of aliphatic hydroxyl groups is 1. The quantitative estimate of drug-likeness (QED) is 0.812. The van der Waals surface area contributed by atoms with E-state index in [2.05, 4.69) is 9.97 Å². The minimum Gasteiger partial charge on any atom is -0.392 e. The van der Waals surface area contributed by atoms with E-state index in [4.69, 9.17) is 5.11 Å². The topological polar surface area (TPSA) is 46.0 Å². The Kier molecular flexibility index (Phi) is 3.94. The molecule has 1 aromatic heterocycles. The Morgan fingerprint density at radius 1 is 1.00 bits per heavy atom. The Hall–Kier alpha value is -1.74. The van der Waals surface area contributed by atoms with Crippen molar-refractivity contribution in [3.63, 3.8) is 0 Å². The van der Waals surface area contributed by atoms with Crippen molar-refractivity contribution in [2.75, 3.05) is 0 Å². The van der Waals surface area contributed by atoms with Crippen molar-refractivity contribution < 1.29 is 5.11 Å². The van der Waals surface area contributed by atoms with Gasteiger partial charge >= 0.3 is 0 Å². The van der Waals surface area contributed by atoms with E-state index < -0.39 is 0 Å². The number of nitrogens with zero attached hydrogens (tertiary/aromatic N) is 2. The lowest BCUT2D eigenvalue weighted by Gasteiger charge is -1.99. The third-order valence-electron chi connectivity index (χ3n) is 1.92. The average Bonchev–Trinajstić information content (AvgIpc) is 2.30. The first-order valence-corrected chi connectivity index (χ1v) is 4.37. The van der Waals surface area contributed by atoms with Gasteiger partial charge in [-0.25, -0.2) is 9.97 Å². The molecule has 0 saturated heterocycles. The summed E-state index contributed by atoms with van der Waals surface area (Å²) in [5.41, 5.74) is 1.71. The molecule has 15 heavy (non-hydrogen) atoms. The van der Waals surface area contributed by atoms with E-state index in [0.29, 0.717) is 5.82 Å². The molecule has 1 aromatic carbocycles.